The van der Waals surface area contributed by atoms with Crippen LogP contribution in [0.1, 0.15) is 48.4 Å². The summed E-state index contributed by atoms with van der Waals surface area (Å²) in [4.78, 5) is 53.6. The average molecular weight is 575 g/mol. The Morgan fingerprint density at radius 3 is 1.88 bits per heavy atom. The molecule has 2 amide bonds. The van der Waals surface area contributed by atoms with Crippen LogP contribution in [0.2, 0.25) is 0 Å². The summed E-state index contributed by atoms with van der Waals surface area (Å²) in [5, 5.41) is 2.68. The van der Waals surface area contributed by atoms with Crippen LogP contribution in [0.4, 0.5) is 0 Å². The molecule has 3 aromatic rings. The van der Waals surface area contributed by atoms with Crippen molar-refractivity contribution in [2.45, 2.75) is 45.2 Å². The van der Waals surface area contributed by atoms with Gasteiger partial charge in [0.25, 0.3) is 11.8 Å². The first-order valence-corrected chi connectivity index (χ1v) is 13.7. The predicted molar refractivity (Wildman–Crippen MR) is 154 cm³/mol. The Labute approximate surface area is 243 Å². The van der Waals surface area contributed by atoms with Crippen molar-refractivity contribution in [3.8, 4) is 0 Å². The second-order valence-corrected chi connectivity index (χ2v) is 10.0. The third kappa shape index (κ3) is 6.73. The highest BCUT2D eigenvalue weighted by molar-refractivity contribution is 6.28. The standard InChI is InChI=1S/C32H31ClN2O6/c1-20(2)27(32(39)41-28(22-13-7-4-8-14-22)23-15-9-5-10-16-23)35-30(38)26(31(35)40-21(3)25(36)19-33)34-29(37)24-17-11-6-12-18-24/h4-18,21,26,28,31H,19H2,1-3H3,(H,34,37)/t21-,26-,31+/m0/s1. The molecular weight excluding hydrogens is 544 g/mol. The summed E-state index contributed by atoms with van der Waals surface area (Å²) in [6.07, 6.45) is -2.90. The van der Waals surface area contributed by atoms with Gasteiger partial charge in [-0.3, -0.25) is 19.3 Å². The molecular formula is C32H31ClN2O6. The Kier molecular flexibility index (Phi) is 9.70. The van der Waals surface area contributed by atoms with Crippen molar-refractivity contribution in [1.82, 2.24) is 10.2 Å². The van der Waals surface area contributed by atoms with E-state index in [0.717, 1.165) is 16.0 Å². The lowest BCUT2D eigenvalue weighted by atomic mass is 9.99. The van der Waals surface area contributed by atoms with Gasteiger partial charge in [0, 0.05) is 5.56 Å². The molecule has 8 nitrogen and oxygen atoms in total. The highest BCUT2D eigenvalue weighted by atomic mass is 35.5. The number of esters is 1. The molecule has 4 rings (SSSR count). The number of carbonyl (C=O) groups is 4. The zero-order valence-electron chi connectivity index (χ0n) is 23.0. The summed E-state index contributed by atoms with van der Waals surface area (Å²) < 4.78 is 12.0. The second-order valence-electron chi connectivity index (χ2n) is 9.75. The fourth-order valence-corrected chi connectivity index (χ4v) is 4.69. The smallest absolute Gasteiger partial charge is 0.356 e. The summed E-state index contributed by atoms with van der Waals surface area (Å²) in [7, 11) is 0. The SMILES string of the molecule is CC(C)=C(C(=O)OC(c1ccccc1)c1ccccc1)N1C(=O)[C@H](NC(=O)c2ccccc2)[C@H]1O[C@@H](C)C(=O)CCl. The van der Waals surface area contributed by atoms with E-state index < -0.39 is 48.0 Å². The maximum atomic E-state index is 13.8. The van der Waals surface area contributed by atoms with Crippen LogP contribution in [0.25, 0.3) is 0 Å². The van der Waals surface area contributed by atoms with Gasteiger partial charge >= 0.3 is 5.97 Å². The number of halogens is 1. The highest BCUT2D eigenvalue weighted by Crippen LogP contribution is 2.33. The fraction of sp³-hybridized carbons (Fsp3) is 0.250. The van der Waals surface area contributed by atoms with E-state index in [2.05, 4.69) is 5.32 Å². The molecule has 1 saturated heterocycles. The molecule has 0 unspecified atom stereocenters. The van der Waals surface area contributed by atoms with Gasteiger partial charge in [-0.1, -0.05) is 78.9 Å². The molecule has 0 bridgehead atoms. The van der Waals surface area contributed by atoms with E-state index in [9.17, 15) is 19.2 Å². The molecule has 0 saturated carbocycles. The molecule has 1 aliphatic rings. The van der Waals surface area contributed by atoms with E-state index in [4.69, 9.17) is 21.1 Å². The first-order chi connectivity index (χ1) is 19.7. The lowest BCUT2D eigenvalue weighted by molar-refractivity contribution is -0.189. The van der Waals surface area contributed by atoms with E-state index in [-0.39, 0.29) is 11.6 Å². The van der Waals surface area contributed by atoms with Crippen LogP contribution >= 0.6 is 11.6 Å². The van der Waals surface area contributed by atoms with Gasteiger partial charge in [-0.15, -0.1) is 11.6 Å². The van der Waals surface area contributed by atoms with Crippen molar-refractivity contribution in [2.24, 2.45) is 0 Å². The minimum Gasteiger partial charge on any atom is -0.448 e. The number of alkyl halides is 1. The molecule has 0 aromatic heterocycles. The predicted octanol–water partition coefficient (Wildman–Crippen LogP) is 4.79. The zero-order valence-corrected chi connectivity index (χ0v) is 23.7. The summed E-state index contributed by atoms with van der Waals surface area (Å²) in [6, 6.07) is 25.8. The van der Waals surface area contributed by atoms with Gasteiger partial charge in [0.2, 0.25) is 0 Å². The maximum Gasteiger partial charge on any atom is 0.356 e. The number of carbonyl (C=O) groups excluding carboxylic acids is 4. The van der Waals surface area contributed by atoms with Crippen molar-refractivity contribution >= 4 is 35.2 Å². The number of benzene rings is 3. The molecule has 41 heavy (non-hydrogen) atoms. The third-order valence-electron chi connectivity index (χ3n) is 6.63. The number of allylic oxidation sites excluding steroid dienone is 1. The molecule has 3 atom stereocenters. The largest absolute Gasteiger partial charge is 0.448 e. The van der Waals surface area contributed by atoms with E-state index >= 15 is 0 Å². The molecule has 0 spiro atoms. The van der Waals surface area contributed by atoms with Crippen molar-refractivity contribution < 1.29 is 28.7 Å². The molecule has 0 radical (unpaired) electrons. The topological polar surface area (TPSA) is 102 Å². The van der Waals surface area contributed by atoms with Gasteiger partial charge in [-0.05, 0) is 49.6 Å². The Morgan fingerprint density at radius 2 is 1.39 bits per heavy atom. The van der Waals surface area contributed by atoms with Crippen LogP contribution in [0.5, 0.6) is 0 Å². The molecule has 1 heterocycles. The number of amides is 2. The lowest BCUT2D eigenvalue weighted by Crippen LogP contribution is -2.72. The number of rotatable bonds is 11. The minimum absolute atomic E-state index is 0.0346. The van der Waals surface area contributed by atoms with Crippen LogP contribution < -0.4 is 5.32 Å². The van der Waals surface area contributed by atoms with Crippen LogP contribution in [-0.2, 0) is 23.9 Å². The summed E-state index contributed by atoms with van der Waals surface area (Å²) >= 11 is 5.73. The first kappa shape index (κ1) is 29.7. The van der Waals surface area contributed by atoms with Gasteiger partial charge in [0.15, 0.2) is 24.2 Å². The highest BCUT2D eigenvalue weighted by Gasteiger charge is 2.54. The molecule has 1 aliphatic heterocycles. The Morgan fingerprint density at radius 1 is 0.878 bits per heavy atom. The maximum absolute atomic E-state index is 13.8. The molecule has 0 aliphatic carbocycles. The van der Waals surface area contributed by atoms with E-state index in [0.29, 0.717) is 11.1 Å². The average Bonchev–Trinajstić information content (AvgIpc) is 3.00. The summed E-state index contributed by atoms with van der Waals surface area (Å²) in [5.74, 6) is -2.53. The number of ether oxygens (including phenoxy) is 2. The number of β-lactam (4-membered cyclic amide) rings is 1. The Balaban J connectivity index is 1.64. The Hall–Kier alpha value is -4.27. The molecule has 3 aromatic carbocycles. The number of hydrogen-bond acceptors (Lipinski definition) is 6. The fourth-order valence-electron chi connectivity index (χ4n) is 4.47. The number of hydrogen-bond donors (Lipinski definition) is 1. The molecule has 1 fully saturated rings. The first-order valence-electron chi connectivity index (χ1n) is 13.1. The van der Waals surface area contributed by atoms with Gasteiger partial charge in [0.1, 0.15) is 11.8 Å². The van der Waals surface area contributed by atoms with Crippen molar-refractivity contribution in [3.63, 3.8) is 0 Å². The van der Waals surface area contributed by atoms with E-state index in [1.807, 2.05) is 60.7 Å². The molecule has 212 valence electrons. The second kappa shape index (κ2) is 13.4. The number of ketones is 1. The number of Topliss-reactive ketones (excluding diaryl/α,β-unsaturated/α-hetero) is 1. The monoisotopic (exact) mass is 574 g/mol. The van der Waals surface area contributed by atoms with Crippen molar-refractivity contribution in [2.75, 3.05) is 5.88 Å². The minimum atomic E-state index is -1.15. The van der Waals surface area contributed by atoms with Gasteiger partial charge < -0.3 is 14.8 Å². The lowest BCUT2D eigenvalue weighted by Gasteiger charge is -2.47. The number of nitrogens with one attached hydrogen (secondary N) is 1. The van der Waals surface area contributed by atoms with Crippen molar-refractivity contribution in [1.29, 1.82) is 0 Å². The third-order valence-corrected chi connectivity index (χ3v) is 6.90. The van der Waals surface area contributed by atoms with Crippen LogP contribution in [0.3, 0.4) is 0 Å². The van der Waals surface area contributed by atoms with Crippen LogP contribution in [0, 0.1) is 0 Å². The number of likely N-dealkylation sites (tertiary alicyclic amines) is 1. The quantitative estimate of drug-likeness (QED) is 0.153. The molecule has 1 N–H and O–H groups in total. The summed E-state index contributed by atoms with van der Waals surface area (Å²) in [6.45, 7) is 4.84. The van der Waals surface area contributed by atoms with Crippen LogP contribution in [0.15, 0.2) is 102 Å². The van der Waals surface area contributed by atoms with Gasteiger partial charge in [0.05, 0.1) is 5.88 Å². The van der Waals surface area contributed by atoms with Gasteiger partial charge in [-0.25, -0.2) is 4.79 Å². The summed E-state index contributed by atoms with van der Waals surface area (Å²) in [5.41, 5.74) is 2.29. The van der Waals surface area contributed by atoms with Gasteiger partial charge in [-0.2, -0.15) is 0 Å². The number of nitrogens with zero attached hydrogens (tertiary/aromatic N) is 1. The molecule has 9 heteroatoms. The normalized spacial score (nSPS) is 16.9. The van der Waals surface area contributed by atoms with E-state index in [1.54, 1.807) is 44.2 Å². The Bertz CT molecular complexity index is 1380. The van der Waals surface area contributed by atoms with E-state index in [1.165, 1.54) is 6.92 Å². The zero-order chi connectivity index (χ0) is 29.5. The van der Waals surface area contributed by atoms with Crippen LogP contribution in [-0.4, -0.2) is 52.7 Å². The van der Waals surface area contributed by atoms with Crippen molar-refractivity contribution in [3.05, 3.63) is 119 Å².